The highest BCUT2D eigenvalue weighted by Gasteiger charge is 2.31. The number of fused-ring (bicyclic) bond motifs is 1. The van der Waals surface area contributed by atoms with Crippen molar-refractivity contribution in [3.63, 3.8) is 0 Å². The maximum absolute atomic E-state index is 6.13. The Bertz CT molecular complexity index is 580. The first kappa shape index (κ1) is 13.0. The molecule has 1 aliphatic heterocycles. The van der Waals surface area contributed by atoms with Crippen LogP contribution in [0.2, 0.25) is 0 Å². The molecule has 1 heterocycles. The maximum atomic E-state index is 6.13. The van der Waals surface area contributed by atoms with E-state index < -0.39 is 0 Å². The van der Waals surface area contributed by atoms with E-state index in [9.17, 15) is 0 Å². The van der Waals surface area contributed by atoms with Crippen molar-refractivity contribution in [1.29, 1.82) is 0 Å². The molecule has 3 rings (SSSR count). The minimum Gasteiger partial charge on any atom is -0.496 e. The molecule has 0 spiro atoms. The largest absolute Gasteiger partial charge is 0.496 e. The summed E-state index contributed by atoms with van der Waals surface area (Å²) in [6.07, 6.45) is 0.786. The molecule has 0 bridgehead atoms. The molecule has 0 fully saturated rings. The van der Waals surface area contributed by atoms with Gasteiger partial charge in [-0.2, -0.15) is 0 Å². The van der Waals surface area contributed by atoms with Gasteiger partial charge in [0.25, 0.3) is 0 Å². The van der Waals surface area contributed by atoms with Crippen molar-refractivity contribution >= 4 is 0 Å². The number of ether oxygens (including phenoxy) is 3. The molecule has 0 N–H and O–H groups in total. The van der Waals surface area contributed by atoms with Crippen molar-refractivity contribution < 1.29 is 14.2 Å². The van der Waals surface area contributed by atoms with E-state index in [1.165, 1.54) is 5.56 Å². The lowest BCUT2D eigenvalue weighted by Crippen LogP contribution is -2.20. The summed E-state index contributed by atoms with van der Waals surface area (Å²) >= 11 is 0. The Morgan fingerprint density at radius 3 is 2.50 bits per heavy atom. The fourth-order valence-corrected chi connectivity index (χ4v) is 2.72. The van der Waals surface area contributed by atoms with Gasteiger partial charge in [0.1, 0.15) is 17.6 Å². The van der Waals surface area contributed by atoms with Crippen LogP contribution < -0.4 is 9.47 Å². The highest BCUT2D eigenvalue weighted by molar-refractivity contribution is 5.48. The zero-order chi connectivity index (χ0) is 13.9. The van der Waals surface area contributed by atoms with Crippen molar-refractivity contribution in [2.45, 2.75) is 18.6 Å². The minimum absolute atomic E-state index is 0.0138. The van der Waals surface area contributed by atoms with Crippen molar-refractivity contribution in [3.05, 3.63) is 59.7 Å². The van der Waals surface area contributed by atoms with Crippen LogP contribution >= 0.6 is 0 Å². The Hall–Kier alpha value is -2.00. The average molecular weight is 270 g/mol. The second kappa shape index (κ2) is 5.55. The van der Waals surface area contributed by atoms with Gasteiger partial charge in [-0.05, 0) is 17.7 Å². The molecule has 104 valence electrons. The normalized spacial score (nSPS) is 20.9. The number of rotatable bonds is 3. The third-order valence-electron chi connectivity index (χ3n) is 3.72. The van der Waals surface area contributed by atoms with E-state index >= 15 is 0 Å². The summed E-state index contributed by atoms with van der Waals surface area (Å²) in [4.78, 5) is 0. The lowest BCUT2D eigenvalue weighted by atomic mass is 9.94. The molecule has 2 aromatic rings. The number of benzene rings is 2. The van der Waals surface area contributed by atoms with Gasteiger partial charge >= 0.3 is 0 Å². The summed E-state index contributed by atoms with van der Waals surface area (Å²) in [5, 5.41) is 0. The smallest absolute Gasteiger partial charge is 0.129 e. The van der Waals surface area contributed by atoms with Crippen molar-refractivity contribution in [2.75, 3.05) is 14.2 Å². The molecular weight excluding hydrogens is 252 g/mol. The van der Waals surface area contributed by atoms with E-state index in [0.29, 0.717) is 0 Å². The maximum Gasteiger partial charge on any atom is 0.129 e. The molecule has 20 heavy (non-hydrogen) atoms. The summed E-state index contributed by atoms with van der Waals surface area (Å²) in [6, 6.07) is 16.1. The number of methoxy groups -OCH3 is 2. The molecule has 2 unspecified atom stereocenters. The van der Waals surface area contributed by atoms with E-state index in [1.54, 1.807) is 14.2 Å². The molecule has 0 saturated heterocycles. The van der Waals surface area contributed by atoms with Crippen molar-refractivity contribution in [2.24, 2.45) is 0 Å². The molecule has 0 aliphatic carbocycles. The fraction of sp³-hybridized carbons (Fsp3) is 0.294. The SMILES string of the molecule is COc1cccc2c1C(OC)CC(c1ccccc1)O2. The van der Waals surface area contributed by atoms with E-state index in [4.69, 9.17) is 14.2 Å². The molecule has 0 aromatic heterocycles. The van der Waals surface area contributed by atoms with Gasteiger partial charge in [0, 0.05) is 13.5 Å². The van der Waals surface area contributed by atoms with Gasteiger partial charge in [0.05, 0.1) is 18.8 Å². The number of hydrogen-bond acceptors (Lipinski definition) is 3. The van der Waals surface area contributed by atoms with Gasteiger partial charge in [-0.3, -0.25) is 0 Å². The summed E-state index contributed by atoms with van der Waals surface area (Å²) in [6.45, 7) is 0. The Kier molecular flexibility index (Phi) is 3.61. The van der Waals surface area contributed by atoms with Gasteiger partial charge < -0.3 is 14.2 Å². The molecule has 3 nitrogen and oxygen atoms in total. The summed E-state index contributed by atoms with van der Waals surface area (Å²) in [5.74, 6) is 1.66. The highest BCUT2D eigenvalue weighted by Crippen LogP contribution is 2.46. The van der Waals surface area contributed by atoms with Gasteiger partial charge in [-0.1, -0.05) is 36.4 Å². The zero-order valence-electron chi connectivity index (χ0n) is 11.7. The van der Waals surface area contributed by atoms with Crippen LogP contribution in [0, 0.1) is 0 Å². The lowest BCUT2D eigenvalue weighted by Gasteiger charge is -2.32. The standard InChI is InChI=1S/C17H18O3/c1-18-13-9-6-10-14-17(13)16(19-2)11-15(20-14)12-7-4-3-5-8-12/h3-10,15-16H,11H2,1-2H3. The van der Waals surface area contributed by atoms with E-state index in [-0.39, 0.29) is 12.2 Å². The first-order chi connectivity index (χ1) is 9.83. The molecular formula is C17H18O3. The minimum atomic E-state index is -0.0138. The molecule has 2 atom stereocenters. The number of hydrogen-bond donors (Lipinski definition) is 0. The summed E-state index contributed by atoms with van der Waals surface area (Å²) in [7, 11) is 3.40. The Balaban J connectivity index is 1.99. The van der Waals surface area contributed by atoms with Crippen LogP contribution in [0.25, 0.3) is 0 Å². The third-order valence-corrected chi connectivity index (χ3v) is 3.72. The van der Waals surface area contributed by atoms with Crippen LogP contribution in [-0.4, -0.2) is 14.2 Å². The molecule has 3 heteroatoms. The van der Waals surface area contributed by atoms with Gasteiger partial charge in [0.15, 0.2) is 0 Å². The third kappa shape index (κ3) is 2.25. The van der Waals surface area contributed by atoms with Crippen molar-refractivity contribution in [1.82, 2.24) is 0 Å². The second-order valence-corrected chi connectivity index (χ2v) is 4.85. The predicted octanol–water partition coefficient (Wildman–Crippen LogP) is 3.91. The van der Waals surface area contributed by atoms with E-state index in [1.807, 2.05) is 36.4 Å². The molecule has 1 aliphatic rings. The summed E-state index contributed by atoms with van der Waals surface area (Å²) in [5.41, 5.74) is 2.17. The molecule has 0 saturated carbocycles. The molecule has 2 aromatic carbocycles. The van der Waals surface area contributed by atoms with Crippen LogP contribution in [-0.2, 0) is 4.74 Å². The Morgan fingerprint density at radius 1 is 1.00 bits per heavy atom. The van der Waals surface area contributed by atoms with E-state index in [2.05, 4.69) is 12.1 Å². The van der Waals surface area contributed by atoms with Gasteiger partial charge in [-0.15, -0.1) is 0 Å². The first-order valence-electron chi connectivity index (χ1n) is 6.74. The Morgan fingerprint density at radius 2 is 1.80 bits per heavy atom. The first-order valence-corrected chi connectivity index (χ1v) is 6.74. The van der Waals surface area contributed by atoms with Crippen LogP contribution in [0.5, 0.6) is 11.5 Å². The van der Waals surface area contributed by atoms with Crippen LogP contribution in [0.15, 0.2) is 48.5 Å². The quantitative estimate of drug-likeness (QED) is 0.846. The van der Waals surface area contributed by atoms with Gasteiger partial charge in [-0.25, -0.2) is 0 Å². The molecule has 0 amide bonds. The zero-order valence-corrected chi connectivity index (χ0v) is 11.7. The topological polar surface area (TPSA) is 27.7 Å². The van der Waals surface area contributed by atoms with E-state index in [0.717, 1.165) is 23.5 Å². The second-order valence-electron chi connectivity index (χ2n) is 4.85. The Labute approximate surface area is 119 Å². The van der Waals surface area contributed by atoms with Crippen LogP contribution in [0.1, 0.15) is 29.8 Å². The average Bonchev–Trinajstić information content (AvgIpc) is 2.53. The van der Waals surface area contributed by atoms with Crippen molar-refractivity contribution in [3.8, 4) is 11.5 Å². The van der Waals surface area contributed by atoms with Crippen LogP contribution in [0.3, 0.4) is 0 Å². The lowest BCUT2D eigenvalue weighted by molar-refractivity contribution is 0.0281. The monoisotopic (exact) mass is 270 g/mol. The van der Waals surface area contributed by atoms with Gasteiger partial charge in [0.2, 0.25) is 0 Å². The predicted molar refractivity (Wildman–Crippen MR) is 77.2 cm³/mol. The highest BCUT2D eigenvalue weighted by atomic mass is 16.5. The summed E-state index contributed by atoms with van der Waals surface area (Å²) < 4.78 is 17.2. The molecule has 0 radical (unpaired) electrons. The fourth-order valence-electron chi connectivity index (χ4n) is 2.72. The van der Waals surface area contributed by atoms with Crippen LogP contribution in [0.4, 0.5) is 0 Å².